The number of thiophene rings is 1. The molecule has 0 fully saturated rings. The van der Waals surface area contributed by atoms with E-state index in [1.54, 1.807) is 18.3 Å². The van der Waals surface area contributed by atoms with E-state index in [2.05, 4.69) is 11.9 Å². The zero-order chi connectivity index (χ0) is 15.9. The number of esters is 1. The van der Waals surface area contributed by atoms with Crippen LogP contribution in [0.15, 0.2) is 4.79 Å². The highest BCUT2D eigenvalue weighted by molar-refractivity contribution is 7.18. The number of carbonyl (C=O) groups excluding carboxylic acids is 1. The summed E-state index contributed by atoms with van der Waals surface area (Å²) in [6, 6.07) is 0. The lowest BCUT2D eigenvalue weighted by Gasteiger charge is -2.17. The van der Waals surface area contributed by atoms with Crippen LogP contribution < -0.4 is 5.56 Å². The summed E-state index contributed by atoms with van der Waals surface area (Å²) in [5.41, 5.74) is 1.04. The van der Waals surface area contributed by atoms with Gasteiger partial charge in [0.2, 0.25) is 5.82 Å². The first-order chi connectivity index (χ1) is 10.6. The van der Waals surface area contributed by atoms with Gasteiger partial charge in [0, 0.05) is 11.4 Å². The molecule has 0 bridgehead atoms. The number of carbonyl (C=O) groups is 1. The molecule has 0 N–H and O–H groups in total. The highest BCUT2D eigenvalue weighted by atomic mass is 32.1. The monoisotopic (exact) mass is 320 g/mol. The van der Waals surface area contributed by atoms with Crippen molar-refractivity contribution in [1.29, 1.82) is 0 Å². The topological polar surface area (TPSA) is 61.2 Å². The van der Waals surface area contributed by atoms with Gasteiger partial charge in [0.25, 0.3) is 5.56 Å². The standard InChI is InChI=1S/C16H20N2O3S/c1-4-18-13(16(20)21-5-2)17-14-12(15(18)19)10-7-6-9(3)8-11(10)22-14/h9H,4-8H2,1-3H3/t9-/m1/s1. The molecule has 0 radical (unpaired) electrons. The minimum absolute atomic E-state index is 0.109. The van der Waals surface area contributed by atoms with Crippen molar-refractivity contribution in [2.75, 3.05) is 6.61 Å². The van der Waals surface area contributed by atoms with Gasteiger partial charge in [-0.1, -0.05) is 6.92 Å². The molecule has 5 nitrogen and oxygen atoms in total. The number of aromatic nitrogens is 2. The second kappa shape index (κ2) is 5.83. The van der Waals surface area contributed by atoms with Crippen LogP contribution in [0.1, 0.15) is 48.3 Å². The molecule has 6 heteroatoms. The van der Waals surface area contributed by atoms with Crippen LogP contribution in [0.2, 0.25) is 0 Å². The van der Waals surface area contributed by atoms with E-state index in [1.165, 1.54) is 9.44 Å². The van der Waals surface area contributed by atoms with Gasteiger partial charge in [-0.2, -0.15) is 0 Å². The maximum absolute atomic E-state index is 12.8. The minimum Gasteiger partial charge on any atom is -0.460 e. The molecule has 0 unspecified atom stereocenters. The number of ether oxygens (including phenoxy) is 1. The summed E-state index contributed by atoms with van der Waals surface area (Å²) >= 11 is 1.55. The molecule has 3 rings (SSSR count). The Hall–Kier alpha value is -1.69. The largest absolute Gasteiger partial charge is 0.460 e. The number of fused-ring (bicyclic) bond motifs is 3. The van der Waals surface area contributed by atoms with Gasteiger partial charge in [0.05, 0.1) is 12.0 Å². The van der Waals surface area contributed by atoms with Crippen LogP contribution in [0.25, 0.3) is 10.2 Å². The second-order valence-corrected chi connectivity index (χ2v) is 6.82. The maximum atomic E-state index is 12.8. The Labute approximate surface area is 132 Å². The van der Waals surface area contributed by atoms with Crippen molar-refractivity contribution in [3.8, 4) is 0 Å². The third-order valence-corrected chi connectivity index (χ3v) is 5.34. The van der Waals surface area contributed by atoms with Gasteiger partial charge in [0.15, 0.2) is 0 Å². The summed E-state index contributed by atoms with van der Waals surface area (Å²) in [5.74, 6) is 0.232. The van der Waals surface area contributed by atoms with E-state index in [0.717, 1.165) is 24.8 Å². The molecule has 2 heterocycles. The Morgan fingerprint density at radius 3 is 2.91 bits per heavy atom. The molecule has 2 aromatic rings. The fourth-order valence-electron chi connectivity index (χ4n) is 3.07. The zero-order valence-electron chi connectivity index (χ0n) is 13.1. The van der Waals surface area contributed by atoms with Gasteiger partial charge in [-0.05, 0) is 44.6 Å². The van der Waals surface area contributed by atoms with Crippen molar-refractivity contribution in [1.82, 2.24) is 9.55 Å². The van der Waals surface area contributed by atoms with E-state index < -0.39 is 5.97 Å². The molecule has 0 aromatic carbocycles. The summed E-state index contributed by atoms with van der Waals surface area (Å²) in [6.45, 7) is 6.51. The molecule has 1 aliphatic carbocycles. The number of hydrogen-bond donors (Lipinski definition) is 0. The molecule has 0 saturated carbocycles. The number of nitrogens with zero attached hydrogens (tertiary/aromatic N) is 2. The van der Waals surface area contributed by atoms with Gasteiger partial charge in [-0.3, -0.25) is 9.36 Å². The Morgan fingerprint density at radius 2 is 2.23 bits per heavy atom. The van der Waals surface area contributed by atoms with E-state index in [4.69, 9.17) is 4.74 Å². The van der Waals surface area contributed by atoms with Crippen LogP contribution in [0.3, 0.4) is 0 Å². The molecule has 0 saturated heterocycles. The SMILES string of the molecule is CCOC(=O)c1nc2sc3c(c2c(=O)n1CC)CC[C@@H](C)C3. The van der Waals surface area contributed by atoms with Gasteiger partial charge in [-0.15, -0.1) is 11.3 Å². The Morgan fingerprint density at radius 1 is 1.45 bits per heavy atom. The third-order valence-electron chi connectivity index (χ3n) is 4.19. The summed E-state index contributed by atoms with van der Waals surface area (Å²) < 4.78 is 6.47. The minimum atomic E-state index is -0.525. The molecular formula is C16H20N2O3S. The molecule has 0 amide bonds. The smallest absolute Gasteiger partial charge is 0.374 e. The zero-order valence-corrected chi connectivity index (χ0v) is 14.0. The van der Waals surface area contributed by atoms with Crippen molar-refractivity contribution in [2.45, 2.75) is 46.6 Å². The maximum Gasteiger partial charge on any atom is 0.374 e. The molecule has 118 valence electrons. The van der Waals surface area contributed by atoms with E-state index in [9.17, 15) is 9.59 Å². The van der Waals surface area contributed by atoms with Crippen molar-refractivity contribution < 1.29 is 9.53 Å². The van der Waals surface area contributed by atoms with Gasteiger partial charge in [0.1, 0.15) is 4.83 Å². The lowest BCUT2D eigenvalue weighted by molar-refractivity contribution is 0.0504. The van der Waals surface area contributed by atoms with Crippen LogP contribution in [0.5, 0.6) is 0 Å². The van der Waals surface area contributed by atoms with Crippen molar-refractivity contribution in [2.24, 2.45) is 5.92 Å². The molecule has 22 heavy (non-hydrogen) atoms. The quantitative estimate of drug-likeness (QED) is 0.816. The van der Waals surface area contributed by atoms with Crippen LogP contribution in [0, 0.1) is 5.92 Å². The van der Waals surface area contributed by atoms with Crippen molar-refractivity contribution >= 4 is 27.5 Å². The fourth-order valence-corrected chi connectivity index (χ4v) is 4.44. The third kappa shape index (κ3) is 2.35. The molecule has 0 spiro atoms. The first kappa shape index (κ1) is 15.2. The lowest BCUT2D eigenvalue weighted by Crippen LogP contribution is -2.28. The summed E-state index contributed by atoms with van der Waals surface area (Å²) in [5, 5.41) is 0.710. The highest BCUT2D eigenvalue weighted by Gasteiger charge is 2.26. The van der Waals surface area contributed by atoms with Crippen LogP contribution in [0.4, 0.5) is 0 Å². The predicted octanol–water partition coefficient (Wildman–Crippen LogP) is 2.78. The second-order valence-electron chi connectivity index (χ2n) is 5.74. The Kier molecular flexibility index (Phi) is 4.04. The Bertz CT molecular complexity index is 791. The van der Waals surface area contributed by atoms with Crippen molar-refractivity contribution in [3.05, 3.63) is 26.6 Å². The van der Waals surface area contributed by atoms with E-state index >= 15 is 0 Å². The van der Waals surface area contributed by atoms with Crippen LogP contribution in [-0.4, -0.2) is 22.1 Å². The highest BCUT2D eigenvalue weighted by Crippen LogP contribution is 2.35. The van der Waals surface area contributed by atoms with Gasteiger partial charge >= 0.3 is 5.97 Å². The first-order valence-electron chi connectivity index (χ1n) is 7.79. The molecule has 1 atom stereocenters. The van der Waals surface area contributed by atoms with Gasteiger partial charge < -0.3 is 4.74 Å². The summed E-state index contributed by atoms with van der Waals surface area (Å²) in [6.07, 6.45) is 3.02. The van der Waals surface area contributed by atoms with E-state index in [1.807, 2.05) is 6.92 Å². The summed E-state index contributed by atoms with van der Waals surface area (Å²) in [4.78, 5) is 31.3. The fraction of sp³-hybridized carbons (Fsp3) is 0.562. The first-order valence-corrected chi connectivity index (χ1v) is 8.60. The van der Waals surface area contributed by atoms with Gasteiger partial charge in [-0.25, -0.2) is 9.78 Å². The average Bonchev–Trinajstić information content (AvgIpc) is 2.84. The normalized spacial score (nSPS) is 17.5. The lowest BCUT2D eigenvalue weighted by atomic mass is 9.89. The Balaban J connectivity index is 2.24. The average molecular weight is 320 g/mol. The van der Waals surface area contributed by atoms with E-state index in [-0.39, 0.29) is 18.0 Å². The van der Waals surface area contributed by atoms with Crippen molar-refractivity contribution in [3.63, 3.8) is 0 Å². The number of hydrogen-bond acceptors (Lipinski definition) is 5. The van der Waals surface area contributed by atoms with Crippen LogP contribution >= 0.6 is 11.3 Å². The van der Waals surface area contributed by atoms with Crippen LogP contribution in [-0.2, 0) is 24.1 Å². The molecule has 0 aliphatic heterocycles. The summed E-state index contributed by atoms with van der Waals surface area (Å²) in [7, 11) is 0. The molecular weight excluding hydrogens is 300 g/mol. The molecule has 1 aliphatic rings. The number of aryl methyl sites for hydroxylation is 1. The predicted molar refractivity (Wildman–Crippen MR) is 86.7 cm³/mol. The van der Waals surface area contributed by atoms with E-state index in [0.29, 0.717) is 22.7 Å². The molecule has 2 aromatic heterocycles. The number of rotatable bonds is 3.